The van der Waals surface area contributed by atoms with Crippen molar-refractivity contribution in [2.75, 3.05) is 18.5 Å². The van der Waals surface area contributed by atoms with E-state index in [2.05, 4.69) is 45.0 Å². The fraction of sp³-hybridized carbons (Fsp3) is 0.304. The molecule has 1 aliphatic heterocycles. The van der Waals surface area contributed by atoms with Crippen molar-refractivity contribution in [2.24, 2.45) is 0 Å². The molecule has 0 aliphatic carbocycles. The first-order valence-electron chi connectivity index (χ1n) is 9.90. The summed E-state index contributed by atoms with van der Waals surface area (Å²) < 4.78 is 0. The van der Waals surface area contributed by atoms with Crippen LogP contribution in [0.25, 0.3) is 0 Å². The van der Waals surface area contributed by atoms with Crippen LogP contribution in [0.3, 0.4) is 0 Å². The maximum absolute atomic E-state index is 13.0. The van der Waals surface area contributed by atoms with Gasteiger partial charge in [0.15, 0.2) is 0 Å². The lowest BCUT2D eigenvalue weighted by Crippen LogP contribution is -2.31. The highest BCUT2D eigenvalue weighted by Crippen LogP contribution is 2.37. The summed E-state index contributed by atoms with van der Waals surface area (Å²) in [5.74, 6) is 1.29. The Morgan fingerprint density at radius 3 is 2.72 bits per heavy atom. The Kier molecular flexibility index (Phi) is 5.25. The Morgan fingerprint density at radius 2 is 1.93 bits per heavy atom. The van der Waals surface area contributed by atoms with Crippen LogP contribution in [0, 0.1) is 6.92 Å². The van der Waals surface area contributed by atoms with Gasteiger partial charge in [-0.15, -0.1) is 0 Å². The predicted molar refractivity (Wildman–Crippen MR) is 113 cm³/mol. The summed E-state index contributed by atoms with van der Waals surface area (Å²) in [6, 6.07) is 14.4. The normalized spacial score (nSPS) is 15.3. The molecule has 0 fully saturated rings. The largest absolute Gasteiger partial charge is 0.340 e. The predicted octanol–water partition coefficient (Wildman–Crippen LogP) is 3.58. The van der Waals surface area contributed by atoms with Crippen molar-refractivity contribution in [1.29, 1.82) is 0 Å². The Morgan fingerprint density at radius 1 is 1.17 bits per heavy atom. The Balaban J connectivity index is 1.56. The molecule has 1 aromatic carbocycles. The number of fused-ring (bicyclic) bond motifs is 1. The average Bonchev–Trinajstić information content (AvgIpc) is 3.07. The van der Waals surface area contributed by atoms with E-state index in [-0.39, 0.29) is 11.9 Å². The molecule has 29 heavy (non-hydrogen) atoms. The first-order valence-corrected chi connectivity index (χ1v) is 9.90. The first-order chi connectivity index (χ1) is 14.0. The Hall–Kier alpha value is -3.28. The number of rotatable bonds is 5. The highest BCUT2D eigenvalue weighted by Gasteiger charge is 2.29. The number of carbonyl (C=O) groups excluding carboxylic acids is 1. The van der Waals surface area contributed by atoms with Gasteiger partial charge in [0.25, 0.3) is 5.91 Å². The molecule has 1 atom stereocenters. The van der Waals surface area contributed by atoms with Gasteiger partial charge >= 0.3 is 0 Å². The molecule has 0 saturated heterocycles. The number of benzene rings is 1. The monoisotopic (exact) mass is 387 g/mol. The number of nitrogens with zero attached hydrogens (tertiary/aromatic N) is 5. The van der Waals surface area contributed by atoms with E-state index < -0.39 is 0 Å². The van der Waals surface area contributed by atoms with Gasteiger partial charge in [-0.05, 0) is 56.0 Å². The number of carbonyl (C=O) groups is 1. The van der Waals surface area contributed by atoms with Crippen LogP contribution in [0.5, 0.6) is 0 Å². The maximum Gasteiger partial charge on any atom is 0.272 e. The number of amides is 1. The minimum atomic E-state index is -0.0917. The molecular formula is C23H25N5O. The molecule has 4 rings (SSSR count). The van der Waals surface area contributed by atoms with Crippen molar-refractivity contribution < 1.29 is 4.79 Å². The van der Waals surface area contributed by atoms with Crippen LogP contribution >= 0.6 is 0 Å². The molecule has 3 aromatic rings. The third kappa shape index (κ3) is 3.97. The number of anilines is 2. The molecule has 2 aromatic heterocycles. The number of hydrogen-bond donors (Lipinski definition) is 0. The molecule has 0 saturated carbocycles. The highest BCUT2D eigenvalue weighted by molar-refractivity contribution is 5.93. The Labute approximate surface area is 171 Å². The zero-order chi connectivity index (χ0) is 20.4. The third-order valence-corrected chi connectivity index (χ3v) is 5.33. The van der Waals surface area contributed by atoms with Crippen LogP contribution in [0.1, 0.15) is 34.4 Å². The SMILES string of the molecule is Cc1nc(C(=O)N(C)CCc2ccncc2)cc(N2c3ccccc3CC2C)n1. The lowest BCUT2D eigenvalue weighted by Gasteiger charge is -2.25. The third-order valence-electron chi connectivity index (χ3n) is 5.33. The number of para-hydroxylation sites is 1. The summed E-state index contributed by atoms with van der Waals surface area (Å²) in [7, 11) is 1.81. The molecule has 0 N–H and O–H groups in total. The summed E-state index contributed by atoms with van der Waals surface area (Å²) in [6.07, 6.45) is 5.28. The van der Waals surface area contributed by atoms with Gasteiger partial charge in [0.1, 0.15) is 17.3 Å². The quantitative estimate of drug-likeness (QED) is 0.670. The number of hydrogen-bond acceptors (Lipinski definition) is 5. The van der Waals surface area contributed by atoms with Gasteiger partial charge in [-0.3, -0.25) is 9.78 Å². The molecule has 1 amide bonds. The molecular weight excluding hydrogens is 362 g/mol. The fourth-order valence-corrected chi connectivity index (χ4v) is 3.84. The molecule has 6 nitrogen and oxygen atoms in total. The number of aryl methyl sites for hydroxylation is 1. The topological polar surface area (TPSA) is 62.2 Å². The van der Waals surface area contributed by atoms with E-state index in [0.717, 1.165) is 29.9 Å². The standard InChI is InChI=1S/C23H25N5O/c1-16-14-19-6-4-5-7-21(19)28(16)22-15-20(25-17(2)26-22)23(29)27(3)13-10-18-8-11-24-12-9-18/h4-9,11-12,15-16H,10,13-14H2,1-3H3. The highest BCUT2D eigenvalue weighted by atomic mass is 16.2. The van der Waals surface area contributed by atoms with E-state index in [9.17, 15) is 4.79 Å². The summed E-state index contributed by atoms with van der Waals surface area (Å²) in [5.41, 5.74) is 4.05. The van der Waals surface area contributed by atoms with Gasteiger partial charge in [-0.25, -0.2) is 9.97 Å². The second-order valence-electron chi connectivity index (χ2n) is 7.54. The van der Waals surface area contributed by atoms with Gasteiger partial charge in [0.05, 0.1) is 0 Å². The van der Waals surface area contributed by atoms with E-state index in [4.69, 9.17) is 0 Å². The lowest BCUT2D eigenvalue weighted by molar-refractivity contribution is 0.0790. The van der Waals surface area contributed by atoms with E-state index >= 15 is 0 Å². The second kappa shape index (κ2) is 7.99. The summed E-state index contributed by atoms with van der Waals surface area (Å²) in [6.45, 7) is 4.63. The second-order valence-corrected chi connectivity index (χ2v) is 7.54. The minimum absolute atomic E-state index is 0.0917. The molecule has 0 radical (unpaired) electrons. The van der Waals surface area contributed by atoms with Crippen LogP contribution in [0.2, 0.25) is 0 Å². The van der Waals surface area contributed by atoms with Gasteiger partial charge in [-0.1, -0.05) is 18.2 Å². The van der Waals surface area contributed by atoms with Crippen LogP contribution in [-0.4, -0.2) is 45.4 Å². The molecule has 6 heteroatoms. The fourth-order valence-electron chi connectivity index (χ4n) is 3.84. The van der Waals surface area contributed by atoms with Crippen molar-refractivity contribution >= 4 is 17.4 Å². The Bertz CT molecular complexity index is 1020. The first kappa shape index (κ1) is 19.1. The summed E-state index contributed by atoms with van der Waals surface area (Å²) in [5, 5.41) is 0. The van der Waals surface area contributed by atoms with Crippen LogP contribution in [0.15, 0.2) is 54.9 Å². The van der Waals surface area contributed by atoms with Crippen molar-refractivity contribution in [2.45, 2.75) is 32.7 Å². The molecule has 0 bridgehead atoms. The molecule has 1 aliphatic rings. The molecule has 1 unspecified atom stereocenters. The van der Waals surface area contributed by atoms with Gasteiger partial charge < -0.3 is 9.80 Å². The molecule has 3 heterocycles. The van der Waals surface area contributed by atoms with Crippen molar-refractivity contribution in [3.8, 4) is 0 Å². The van der Waals surface area contributed by atoms with Crippen molar-refractivity contribution in [3.05, 3.63) is 77.5 Å². The van der Waals surface area contributed by atoms with Crippen molar-refractivity contribution in [3.63, 3.8) is 0 Å². The zero-order valence-electron chi connectivity index (χ0n) is 17.0. The zero-order valence-corrected chi connectivity index (χ0v) is 17.0. The average molecular weight is 387 g/mol. The van der Waals surface area contributed by atoms with Crippen LogP contribution < -0.4 is 4.90 Å². The van der Waals surface area contributed by atoms with E-state index in [1.807, 2.05) is 38.2 Å². The van der Waals surface area contributed by atoms with Gasteiger partial charge in [-0.2, -0.15) is 0 Å². The van der Waals surface area contributed by atoms with Crippen molar-refractivity contribution in [1.82, 2.24) is 19.9 Å². The van der Waals surface area contributed by atoms with E-state index in [1.54, 1.807) is 17.3 Å². The van der Waals surface area contributed by atoms with E-state index in [1.165, 1.54) is 5.56 Å². The van der Waals surface area contributed by atoms with Gasteiger partial charge in [0.2, 0.25) is 0 Å². The van der Waals surface area contributed by atoms with Gasteiger partial charge in [0, 0.05) is 43.8 Å². The minimum Gasteiger partial charge on any atom is -0.340 e. The molecule has 148 valence electrons. The number of aromatic nitrogens is 3. The number of likely N-dealkylation sites (N-methyl/N-ethyl adjacent to an activating group) is 1. The maximum atomic E-state index is 13.0. The smallest absolute Gasteiger partial charge is 0.272 e. The summed E-state index contributed by atoms with van der Waals surface area (Å²) in [4.78, 5) is 30.0. The molecule has 0 spiro atoms. The van der Waals surface area contributed by atoms with E-state index in [0.29, 0.717) is 18.1 Å². The van der Waals surface area contributed by atoms with Crippen LogP contribution in [-0.2, 0) is 12.8 Å². The lowest BCUT2D eigenvalue weighted by atomic mass is 10.1. The summed E-state index contributed by atoms with van der Waals surface area (Å²) >= 11 is 0. The number of pyridine rings is 1. The van der Waals surface area contributed by atoms with Crippen LogP contribution in [0.4, 0.5) is 11.5 Å².